The van der Waals surface area contributed by atoms with Gasteiger partial charge in [-0.3, -0.25) is 0 Å². The molecule has 2 aromatic rings. The number of rotatable bonds is 6. The van der Waals surface area contributed by atoms with E-state index >= 15 is 0 Å². The van der Waals surface area contributed by atoms with Crippen LogP contribution < -0.4 is 21.3 Å². The molecule has 2 aromatic carbocycles. The van der Waals surface area contributed by atoms with Crippen LogP contribution in [0.15, 0.2) is 48.5 Å². The van der Waals surface area contributed by atoms with E-state index in [1.54, 1.807) is 0 Å². The van der Waals surface area contributed by atoms with Crippen molar-refractivity contribution in [2.24, 2.45) is 0 Å². The molecule has 2 saturated carbocycles. The third-order valence-electron chi connectivity index (χ3n) is 6.42. The van der Waals surface area contributed by atoms with Gasteiger partial charge in [0.1, 0.15) is 0 Å². The zero-order valence-corrected chi connectivity index (χ0v) is 18.6. The van der Waals surface area contributed by atoms with E-state index in [1.807, 2.05) is 48.5 Å². The van der Waals surface area contributed by atoms with Crippen LogP contribution in [0.1, 0.15) is 49.7 Å². The van der Waals surface area contributed by atoms with Crippen molar-refractivity contribution in [3.63, 3.8) is 0 Å². The highest BCUT2D eigenvalue weighted by Gasteiger charge is 2.27. The van der Waals surface area contributed by atoms with Crippen LogP contribution in [0, 0.1) is 0 Å². The molecule has 2 aliphatic rings. The maximum atomic E-state index is 12.1. The summed E-state index contributed by atoms with van der Waals surface area (Å²) in [6, 6.07) is 14.3. The first kappa shape index (κ1) is 23.1. The average Bonchev–Trinajstić information content (AvgIpc) is 3.38. The van der Waals surface area contributed by atoms with Crippen molar-refractivity contribution in [1.29, 1.82) is 0 Å². The molecule has 8 nitrogen and oxygen atoms in total. The summed E-state index contributed by atoms with van der Waals surface area (Å²) in [5, 5.41) is 30.9. The van der Waals surface area contributed by atoms with E-state index in [4.69, 9.17) is 0 Å². The number of aliphatic hydroxyl groups is 2. The van der Waals surface area contributed by atoms with Gasteiger partial charge in [-0.15, -0.1) is 0 Å². The van der Waals surface area contributed by atoms with Gasteiger partial charge in [0.2, 0.25) is 0 Å². The molecule has 4 atom stereocenters. The summed E-state index contributed by atoms with van der Waals surface area (Å²) in [6.07, 6.45) is 4.71. The maximum absolute atomic E-state index is 12.1. The highest BCUT2D eigenvalue weighted by Crippen LogP contribution is 2.20. The number of aliphatic hydroxyl groups excluding tert-OH is 2. The molecule has 0 radical (unpaired) electrons. The average molecular weight is 453 g/mol. The lowest BCUT2D eigenvalue weighted by atomic mass is 10.0. The van der Waals surface area contributed by atoms with Crippen molar-refractivity contribution in [3.05, 3.63) is 59.7 Å². The maximum Gasteiger partial charge on any atom is 0.319 e. The van der Waals surface area contributed by atoms with E-state index in [1.165, 1.54) is 0 Å². The van der Waals surface area contributed by atoms with Gasteiger partial charge in [0.25, 0.3) is 0 Å². The molecule has 6 N–H and O–H groups in total. The molecular formula is C25H32N4O4. The van der Waals surface area contributed by atoms with Gasteiger partial charge in [0.05, 0.1) is 24.3 Å². The highest BCUT2D eigenvalue weighted by atomic mass is 16.3. The molecule has 0 heterocycles. The number of benzene rings is 2. The molecule has 2 aliphatic carbocycles. The molecule has 0 spiro atoms. The largest absolute Gasteiger partial charge is 0.391 e. The lowest BCUT2D eigenvalue weighted by molar-refractivity contribution is 0.151. The molecule has 4 rings (SSSR count). The molecule has 0 aliphatic heterocycles. The molecule has 0 aromatic heterocycles. The van der Waals surface area contributed by atoms with Crippen LogP contribution in [-0.4, -0.2) is 46.6 Å². The van der Waals surface area contributed by atoms with E-state index in [9.17, 15) is 19.8 Å². The molecule has 33 heavy (non-hydrogen) atoms. The van der Waals surface area contributed by atoms with Crippen molar-refractivity contribution in [3.8, 4) is 0 Å². The smallest absolute Gasteiger partial charge is 0.319 e. The first-order valence-corrected chi connectivity index (χ1v) is 11.7. The summed E-state index contributed by atoms with van der Waals surface area (Å²) in [4.78, 5) is 24.3. The Bertz CT molecular complexity index is 870. The Morgan fingerprint density at radius 3 is 1.39 bits per heavy atom. The molecule has 0 saturated heterocycles. The van der Waals surface area contributed by atoms with Crippen molar-refractivity contribution < 1.29 is 19.8 Å². The Morgan fingerprint density at radius 2 is 1.06 bits per heavy atom. The fourth-order valence-electron chi connectivity index (χ4n) is 4.54. The summed E-state index contributed by atoms with van der Waals surface area (Å²) in [7, 11) is 0. The Morgan fingerprint density at radius 1 is 0.667 bits per heavy atom. The molecule has 4 amide bonds. The summed E-state index contributed by atoms with van der Waals surface area (Å²) in [5.74, 6) is 0. The third-order valence-corrected chi connectivity index (χ3v) is 6.42. The van der Waals surface area contributed by atoms with E-state index in [-0.39, 0.29) is 24.1 Å². The number of hydrogen-bond donors (Lipinski definition) is 6. The molecule has 2 fully saturated rings. The van der Waals surface area contributed by atoms with E-state index in [0.717, 1.165) is 56.1 Å². The summed E-state index contributed by atoms with van der Waals surface area (Å²) >= 11 is 0. The monoisotopic (exact) mass is 452 g/mol. The Hall–Kier alpha value is -3.10. The Labute approximate surface area is 193 Å². The zero-order valence-electron chi connectivity index (χ0n) is 18.6. The first-order chi connectivity index (χ1) is 16.0. The van der Waals surface area contributed by atoms with Crippen molar-refractivity contribution in [2.45, 2.75) is 69.2 Å². The quantitative estimate of drug-likeness (QED) is 0.402. The number of amides is 4. The number of hydrogen-bond acceptors (Lipinski definition) is 4. The van der Waals surface area contributed by atoms with Gasteiger partial charge in [-0.25, -0.2) is 9.59 Å². The van der Waals surface area contributed by atoms with Gasteiger partial charge in [-0.05, 0) is 80.3 Å². The summed E-state index contributed by atoms with van der Waals surface area (Å²) in [5.41, 5.74) is 3.59. The minimum atomic E-state index is -0.464. The minimum Gasteiger partial charge on any atom is -0.391 e. The predicted molar refractivity (Wildman–Crippen MR) is 127 cm³/mol. The van der Waals surface area contributed by atoms with Crippen LogP contribution >= 0.6 is 0 Å². The van der Waals surface area contributed by atoms with Crippen LogP contribution in [0.3, 0.4) is 0 Å². The van der Waals surface area contributed by atoms with Crippen molar-refractivity contribution in [2.75, 3.05) is 10.6 Å². The van der Waals surface area contributed by atoms with E-state index in [0.29, 0.717) is 11.4 Å². The molecule has 0 bridgehead atoms. The van der Waals surface area contributed by atoms with Gasteiger partial charge < -0.3 is 31.5 Å². The molecule has 8 heteroatoms. The number of anilines is 2. The Kier molecular flexibility index (Phi) is 7.47. The normalized spacial score (nSPS) is 24.3. The van der Waals surface area contributed by atoms with Gasteiger partial charge in [0.15, 0.2) is 0 Å². The standard InChI is InChI=1S/C25H32N4O4/c30-22-5-1-3-20(22)28-24(32)26-18-11-7-16(8-12-18)15-17-9-13-19(14-10-17)27-25(33)29-21-4-2-6-23(21)31/h7-14,20-23,30-31H,1-6,15H2,(H2,26,28,32)(H2,27,29,33)/t20-,21+,22-,23-/m0/s1. The van der Waals surface area contributed by atoms with Crippen LogP contribution in [0.2, 0.25) is 0 Å². The van der Waals surface area contributed by atoms with Crippen LogP contribution in [-0.2, 0) is 6.42 Å². The van der Waals surface area contributed by atoms with E-state index < -0.39 is 12.2 Å². The molecule has 176 valence electrons. The van der Waals surface area contributed by atoms with Gasteiger partial charge in [0, 0.05) is 11.4 Å². The fourth-order valence-corrected chi connectivity index (χ4v) is 4.54. The first-order valence-electron chi connectivity index (χ1n) is 11.7. The number of urea groups is 2. The Balaban J connectivity index is 1.24. The predicted octanol–water partition coefficient (Wildman–Crippen LogP) is 3.35. The third kappa shape index (κ3) is 6.46. The zero-order chi connectivity index (χ0) is 23.2. The van der Waals surface area contributed by atoms with Crippen LogP contribution in [0.5, 0.6) is 0 Å². The summed E-state index contributed by atoms with van der Waals surface area (Å²) < 4.78 is 0. The van der Waals surface area contributed by atoms with Crippen LogP contribution in [0.4, 0.5) is 21.0 Å². The SMILES string of the molecule is O=C(Nc1ccc(Cc2ccc(NC(=O)N[C@@H]3CCC[C@@H]3O)cc2)cc1)N[C@H]1CCC[C@@H]1O. The van der Waals surface area contributed by atoms with E-state index in [2.05, 4.69) is 21.3 Å². The summed E-state index contributed by atoms with van der Waals surface area (Å²) in [6.45, 7) is 0. The topological polar surface area (TPSA) is 123 Å². The van der Waals surface area contributed by atoms with Crippen molar-refractivity contribution >= 4 is 23.4 Å². The van der Waals surface area contributed by atoms with Gasteiger partial charge in [-0.1, -0.05) is 24.3 Å². The fraction of sp³-hybridized carbons (Fsp3) is 0.440. The van der Waals surface area contributed by atoms with Crippen LogP contribution in [0.25, 0.3) is 0 Å². The highest BCUT2D eigenvalue weighted by molar-refractivity contribution is 5.90. The second-order valence-corrected chi connectivity index (χ2v) is 8.98. The van der Waals surface area contributed by atoms with Crippen molar-refractivity contribution in [1.82, 2.24) is 10.6 Å². The minimum absolute atomic E-state index is 0.179. The second-order valence-electron chi connectivity index (χ2n) is 8.98. The lowest BCUT2D eigenvalue weighted by Crippen LogP contribution is -2.42. The second kappa shape index (κ2) is 10.7. The molecular weight excluding hydrogens is 420 g/mol. The number of carbonyl (C=O) groups excluding carboxylic acids is 2. The lowest BCUT2D eigenvalue weighted by Gasteiger charge is -2.17. The molecule has 0 unspecified atom stereocenters. The number of carbonyl (C=O) groups is 2. The number of nitrogens with one attached hydrogen (secondary N) is 4. The van der Waals surface area contributed by atoms with Gasteiger partial charge in [-0.2, -0.15) is 0 Å². The van der Waals surface area contributed by atoms with Gasteiger partial charge >= 0.3 is 12.1 Å².